The van der Waals surface area contributed by atoms with Gasteiger partial charge in [-0.15, -0.1) is 0 Å². The third-order valence-electron chi connectivity index (χ3n) is 1.52. The van der Waals surface area contributed by atoms with Crippen LogP contribution in [0.1, 0.15) is 6.42 Å². The van der Waals surface area contributed by atoms with Crippen LogP contribution < -0.4 is 4.52 Å². The second kappa shape index (κ2) is 7.69. The van der Waals surface area contributed by atoms with Gasteiger partial charge in [0.1, 0.15) is 5.75 Å². The summed E-state index contributed by atoms with van der Waals surface area (Å²) in [5.74, 6) is -0.443. The van der Waals surface area contributed by atoms with Crippen molar-refractivity contribution in [3.63, 3.8) is 0 Å². The maximum atomic E-state index is 11.2. The third kappa shape index (κ3) is 6.50. The van der Waals surface area contributed by atoms with E-state index in [0.29, 0.717) is 5.75 Å². The fourth-order valence-electron chi connectivity index (χ4n) is 0.880. The molecule has 15 heavy (non-hydrogen) atoms. The molecule has 1 rings (SSSR count). The Bertz CT molecular complexity index is 328. The Labute approximate surface area is 103 Å². The van der Waals surface area contributed by atoms with Gasteiger partial charge < -0.3 is 9.63 Å². The summed E-state index contributed by atoms with van der Waals surface area (Å²) >= 11 is 0. The van der Waals surface area contributed by atoms with Gasteiger partial charge in [0.05, 0.1) is 6.42 Å². The summed E-state index contributed by atoms with van der Waals surface area (Å²) in [5.41, 5.74) is 0. The summed E-state index contributed by atoms with van der Waals surface area (Å²) in [6.45, 7) is 0. The van der Waals surface area contributed by atoms with Gasteiger partial charge in [-0.2, -0.15) is 0 Å². The molecular formula is C9H11O4PTi. The summed E-state index contributed by atoms with van der Waals surface area (Å²) in [6.07, 6.45) is -0.0421. The molecule has 80 valence electrons. The van der Waals surface area contributed by atoms with Crippen LogP contribution in [0.5, 0.6) is 5.75 Å². The summed E-state index contributed by atoms with van der Waals surface area (Å²) in [7, 11) is -2.27. The van der Waals surface area contributed by atoms with Gasteiger partial charge in [-0.05, 0) is 12.1 Å². The molecule has 1 atom stereocenters. The number of hydrogen-bond donors (Lipinski definition) is 1. The minimum Gasteiger partial charge on any atom is -0.481 e. The van der Waals surface area contributed by atoms with Crippen molar-refractivity contribution < 1.29 is 40.7 Å². The van der Waals surface area contributed by atoms with E-state index in [1.54, 1.807) is 24.3 Å². The van der Waals surface area contributed by atoms with E-state index in [4.69, 9.17) is 9.63 Å². The molecule has 0 amide bonds. The van der Waals surface area contributed by atoms with Crippen molar-refractivity contribution >= 4 is 14.0 Å². The first-order valence-electron chi connectivity index (χ1n) is 4.16. The van der Waals surface area contributed by atoms with E-state index in [-0.39, 0.29) is 34.3 Å². The topological polar surface area (TPSA) is 63.6 Å². The van der Waals surface area contributed by atoms with Crippen molar-refractivity contribution in [2.24, 2.45) is 0 Å². The SMILES string of the molecule is O=C(O)CC[PH](=O)Oc1ccccc1.[Ti]. The Hall–Kier alpha value is -0.566. The first-order valence-corrected chi connectivity index (χ1v) is 5.68. The molecule has 0 spiro atoms. The van der Waals surface area contributed by atoms with E-state index in [1.165, 1.54) is 0 Å². The van der Waals surface area contributed by atoms with E-state index < -0.39 is 14.0 Å². The molecule has 6 heteroatoms. The Balaban J connectivity index is 0.00000196. The Morgan fingerprint density at radius 3 is 2.47 bits per heavy atom. The van der Waals surface area contributed by atoms with Gasteiger partial charge in [0.2, 0.25) is 8.03 Å². The summed E-state index contributed by atoms with van der Waals surface area (Å²) in [5, 5.41) is 8.35. The van der Waals surface area contributed by atoms with Gasteiger partial charge in [-0.1, -0.05) is 18.2 Å². The molecule has 1 aromatic carbocycles. The average Bonchev–Trinajstić information content (AvgIpc) is 2.16. The summed E-state index contributed by atoms with van der Waals surface area (Å²) < 4.78 is 16.3. The van der Waals surface area contributed by atoms with Crippen LogP contribution in [0.4, 0.5) is 0 Å². The van der Waals surface area contributed by atoms with Crippen LogP contribution in [0.2, 0.25) is 0 Å². The van der Waals surface area contributed by atoms with Crippen molar-refractivity contribution in [1.29, 1.82) is 0 Å². The maximum absolute atomic E-state index is 11.2. The minimum atomic E-state index is -2.27. The van der Waals surface area contributed by atoms with Gasteiger partial charge >= 0.3 is 5.97 Å². The fourth-order valence-corrected chi connectivity index (χ4v) is 1.80. The molecule has 0 aliphatic heterocycles. The fraction of sp³-hybridized carbons (Fsp3) is 0.222. The Morgan fingerprint density at radius 2 is 1.93 bits per heavy atom. The molecule has 0 fully saturated rings. The molecule has 0 aromatic heterocycles. The van der Waals surface area contributed by atoms with Crippen molar-refractivity contribution in [2.45, 2.75) is 6.42 Å². The van der Waals surface area contributed by atoms with Crippen LogP contribution in [0.3, 0.4) is 0 Å². The van der Waals surface area contributed by atoms with E-state index in [2.05, 4.69) is 0 Å². The monoisotopic (exact) mass is 262 g/mol. The number of carboxylic acid groups (broad SMARTS) is 1. The number of aliphatic carboxylic acids is 1. The van der Waals surface area contributed by atoms with E-state index in [0.717, 1.165) is 0 Å². The standard InChI is InChI=1S/C9H11O4P.Ti/c10-9(11)6-7-14(12)13-8-4-2-1-3-5-8;/h1-5,14H,6-7H2,(H,10,11);. The van der Waals surface area contributed by atoms with Crippen LogP contribution in [0.25, 0.3) is 0 Å². The zero-order valence-corrected chi connectivity index (χ0v) is 10.5. The van der Waals surface area contributed by atoms with E-state index >= 15 is 0 Å². The van der Waals surface area contributed by atoms with E-state index in [1.807, 2.05) is 6.07 Å². The minimum absolute atomic E-state index is 0. The van der Waals surface area contributed by atoms with E-state index in [9.17, 15) is 9.36 Å². The van der Waals surface area contributed by atoms with Crippen LogP contribution in [0, 0.1) is 0 Å². The molecule has 1 unspecified atom stereocenters. The van der Waals surface area contributed by atoms with Gasteiger partial charge in [0, 0.05) is 27.9 Å². The van der Waals surface area contributed by atoms with Crippen molar-refractivity contribution in [1.82, 2.24) is 0 Å². The second-order valence-electron chi connectivity index (χ2n) is 2.68. The number of hydrogen-bond acceptors (Lipinski definition) is 3. The zero-order chi connectivity index (χ0) is 10.4. The molecule has 0 radical (unpaired) electrons. The summed E-state index contributed by atoms with van der Waals surface area (Å²) in [6, 6.07) is 8.72. The third-order valence-corrected chi connectivity index (χ3v) is 2.64. The second-order valence-corrected chi connectivity index (χ2v) is 4.13. The molecule has 0 aliphatic rings. The van der Waals surface area contributed by atoms with Gasteiger partial charge in [-0.3, -0.25) is 9.36 Å². The predicted octanol–water partition coefficient (Wildman–Crippen LogP) is 2.01. The molecule has 1 N–H and O–H groups in total. The maximum Gasteiger partial charge on any atom is 0.303 e. The van der Waals surface area contributed by atoms with Crippen LogP contribution in [-0.4, -0.2) is 17.2 Å². The molecule has 0 saturated heterocycles. The molecule has 0 heterocycles. The van der Waals surface area contributed by atoms with Crippen molar-refractivity contribution in [3.8, 4) is 5.75 Å². The molecule has 4 nitrogen and oxygen atoms in total. The number of benzene rings is 1. The predicted molar refractivity (Wildman–Crippen MR) is 53.2 cm³/mol. The normalized spacial score (nSPS) is 11.2. The largest absolute Gasteiger partial charge is 0.481 e. The number of rotatable bonds is 5. The molecule has 1 aromatic rings. The average molecular weight is 262 g/mol. The number of carbonyl (C=O) groups is 1. The van der Waals surface area contributed by atoms with Crippen molar-refractivity contribution in [3.05, 3.63) is 30.3 Å². The number of carboxylic acids is 1. The smallest absolute Gasteiger partial charge is 0.303 e. The molecule has 0 saturated carbocycles. The molecule has 0 bridgehead atoms. The van der Waals surface area contributed by atoms with Gasteiger partial charge in [0.25, 0.3) is 0 Å². The zero-order valence-electron chi connectivity index (χ0n) is 7.97. The Morgan fingerprint density at radius 1 is 1.33 bits per heavy atom. The van der Waals surface area contributed by atoms with Crippen LogP contribution >= 0.6 is 8.03 Å². The first-order chi connectivity index (χ1) is 6.68. The van der Waals surface area contributed by atoms with Crippen LogP contribution in [-0.2, 0) is 31.1 Å². The molecular weight excluding hydrogens is 251 g/mol. The van der Waals surface area contributed by atoms with Crippen molar-refractivity contribution in [2.75, 3.05) is 6.16 Å². The first kappa shape index (κ1) is 14.4. The number of para-hydroxylation sites is 1. The summed E-state index contributed by atoms with van der Waals surface area (Å²) in [4.78, 5) is 10.2. The van der Waals surface area contributed by atoms with Gasteiger partial charge in [-0.25, -0.2) is 0 Å². The molecule has 0 aliphatic carbocycles. The van der Waals surface area contributed by atoms with Crippen LogP contribution in [0.15, 0.2) is 30.3 Å². The Kier molecular flexibility index (Phi) is 7.40. The quantitative estimate of drug-likeness (QED) is 0.651. The van der Waals surface area contributed by atoms with Gasteiger partial charge in [0.15, 0.2) is 0 Å².